The van der Waals surface area contributed by atoms with Crippen LogP contribution in [-0.2, 0) is 16.6 Å². The molecule has 1 aromatic carbocycles. The van der Waals surface area contributed by atoms with E-state index in [1.807, 2.05) is 18.2 Å². The highest BCUT2D eigenvalue weighted by Gasteiger charge is 2.31. The van der Waals surface area contributed by atoms with E-state index >= 15 is 0 Å². The molecule has 1 aliphatic carbocycles. The van der Waals surface area contributed by atoms with Gasteiger partial charge in [-0.15, -0.1) is 0 Å². The smallest absolute Gasteiger partial charge is 0.328 e. The molecule has 2 saturated heterocycles. The molecule has 3 heterocycles. The van der Waals surface area contributed by atoms with Gasteiger partial charge in [0.25, 0.3) is 0 Å². The van der Waals surface area contributed by atoms with Crippen molar-refractivity contribution in [1.29, 1.82) is 0 Å². The van der Waals surface area contributed by atoms with Crippen LogP contribution in [0.2, 0.25) is 0 Å². The molecule has 2 aromatic rings. The molecular weight excluding hydrogens is 442 g/mol. The van der Waals surface area contributed by atoms with E-state index in [2.05, 4.69) is 22.1 Å². The van der Waals surface area contributed by atoms with Crippen LogP contribution in [0.1, 0.15) is 63.0 Å². The van der Waals surface area contributed by atoms with Gasteiger partial charge in [-0.2, -0.15) is 0 Å². The minimum absolute atomic E-state index is 0.233. The summed E-state index contributed by atoms with van der Waals surface area (Å²) in [6.07, 6.45) is 7.60. The lowest BCUT2D eigenvalue weighted by Crippen LogP contribution is -2.44. The van der Waals surface area contributed by atoms with Crippen LogP contribution < -0.4 is 16.7 Å². The van der Waals surface area contributed by atoms with Gasteiger partial charge < -0.3 is 10.6 Å². The fourth-order valence-corrected chi connectivity index (χ4v) is 5.85. The zero-order chi connectivity index (χ0) is 24.5. The average molecular weight is 478 g/mol. The average Bonchev–Trinajstić information content (AvgIpc) is 3.10. The molecule has 5 rings (SSSR count). The van der Waals surface area contributed by atoms with E-state index in [4.69, 9.17) is 5.73 Å². The molecule has 1 saturated carbocycles. The lowest BCUT2D eigenvalue weighted by atomic mass is 9.85. The van der Waals surface area contributed by atoms with Gasteiger partial charge in [-0.25, -0.2) is 4.79 Å². The van der Waals surface area contributed by atoms with Crippen molar-refractivity contribution in [1.82, 2.24) is 19.4 Å². The molecule has 1 aromatic heterocycles. The normalized spacial score (nSPS) is 26.4. The summed E-state index contributed by atoms with van der Waals surface area (Å²) in [5.74, 6) is 7.26. The van der Waals surface area contributed by atoms with E-state index in [9.17, 15) is 14.4 Å². The van der Waals surface area contributed by atoms with Gasteiger partial charge in [0.15, 0.2) is 0 Å². The van der Waals surface area contributed by atoms with Crippen LogP contribution in [0, 0.1) is 23.7 Å². The highest BCUT2D eigenvalue weighted by atomic mass is 16.2. The van der Waals surface area contributed by atoms with Crippen molar-refractivity contribution >= 4 is 22.8 Å². The first kappa shape index (κ1) is 23.8. The molecular formula is C27H35N5O3. The van der Waals surface area contributed by atoms with Crippen molar-refractivity contribution in [3.05, 3.63) is 34.2 Å². The first-order valence-electron chi connectivity index (χ1n) is 12.9. The molecule has 186 valence electrons. The number of benzene rings is 1. The van der Waals surface area contributed by atoms with E-state index < -0.39 is 11.9 Å². The number of nitrogens with zero attached hydrogens (tertiary/aromatic N) is 3. The molecule has 3 N–H and O–H groups in total. The van der Waals surface area contributed by atoms with Crippen molar-refractivity contribution < 1.29 is 9.59 Å². The van der Waals surface area contributed by atoms with Crippen LogP contribution in [0.4, 0.5) is 0 Å². The molecule has 1 unspecified atom stereocenters. The van der Waals surface area contributed by atoms with E-state index in [1.54, 1.807) is 11.6 Å². The van der Waals surface area contributed by atoms with Gasteiger partial charge in [-0.3, -0.25) is 24.0 Å². The summed E-state index contributed by atoms with van der Waals surface area (Å²) in [4.78, 5) is 39.4. The number of imidazole rings is 1. The Morgan fingerprint density at radius 2 is 1.74 bits per heavy atom. The molecule has 0 spiro atoms. The number of piperidine rings is 2. The standard InChI is InChI=1S/C27H35N5O3/c1-30-24-16-19(6-9-22(24)32(27(30)35)23-10-11-25(33)29-26(23)34)3-2-18-12-14-31(15-13-18)17-20-4-7-21(28)8-5-20/h6,9,16,18,20-21,23H,4-5,7-8,10-15,17,28H2,1H3,(H,29,33,34). The van der Waals surface area contributed by atoms with Gasteiger partial charge in [0.1, 0.15) is 6.04 Å². The number of nitrogens with two attached hydrogens (primary N) is 1. The third kappa shape index (κ3) is 5.07. The van der Waals surface area contributed by atoms with Gasteiger partial charge in [0.2, 0.25) is 11.8 Å². The number of fused-ring (bicyclic) bond motifs is 1. The van der Waals surface area contributed by atoms with Crippen molar-refractivity contribution in [2.75, 3.05) is 19.6 Å². The minimum Gasteiger partial charge on any atom is -0.328 e. The molecule has 0 radical (unpaired) electrons. The first-order valence-corrected chi connectivity index (χ1v) is 12.9. The lowest BCUT2D eigenvalue weighted by Gasteiger charge is -2.35. The van der Waals surface area contributed by atoms with Crippen LogP contribution in [0.3, 0.4) is 0 Å². The largest absolute Gasteiger partial charge is 0.329 e. The number of carbonyl (C=O) groups excluding carboxylic acids is 2. The second-order valence-corrected chi connectivity index (χ2v) is 10.5. The number of aromatic nitrogens is 2. The maximum atomic E-state index is 12.9. The zero-order valence-electron chi connectivity index (χ0n) is 20.5. The fourth-order valence-electron chi connectivity index (χ4n) is 5.85. The van der Waals surface area contributed by atoms with E-state index in [0.29, 0.717) is 23.9 Å². The van der Waals surface area contributed by atoms with Crippen LogP contribution in [-0.4, -0.2) is 51.5 Å². The number of likely N-dealkylation sites (tertiary alicyclic amines) is 1. The molecule has 2 aliphatic heterocycles. The maximum absolute atomic E-state index is 12.9. The second-order valence-electron chi connectivity index (χ2n) is 10.5. The van der Waals surface area contributed by atoms with Gasteiger partial charge in [0.05, 0.1) is 11.0 Å². The Hall–Kier alpha value is -2.89. The van der Waals surface area contributed by atoms with E-state index in [-0.39, 0.29) is 18.0 Å². The Labute approximate surface area is 205 Å². The summed E-state index contributed by atoms with van der Waals surface area (Å²) in [7, 11) is 1.71. The van der Waals surface area contributed by atoms with Crippen LogP contribution in [0.5, 0.6) is 0 Å². The molecule has 1 atom stereocenters. The van der Waals surface area contributed by atoms with Crippen molar-refractivity contribution in [2.45, 2.75) is 63.5 Å². The topological polar surface area (TPSA) is 102 Å². The Morgan fingerprint density at radius 1 is 1.00 bits per heavy atom. The molecule has 3 fully saturated rings. The second kappa shape index (κ2) is 10.00. The van der Waals surface area contributed by atoms with E-state index in [0.717, 1.165) is 42.9 Å². The molecule has 0 bridgehead atoms. The molecule has 2 amide bonds. The SMILES string of the molecule is Cn1c(=O)n(C2CCC(=O)NC2=O)c2ccc(C#CC3CCN(CC4CCC(N)CC4)CC3)cc21. The molecule has 8 heteroatoms. The summed E-state index contributed by atoms with van der Waals surface area (Å²) in [6.45, 7) is 3.40. The van der Waals surface area contributed by atoms with Crippen molar-refractivity contribution in [3.63, 3.8) is 0 Å². The van der Waals surface area contributed by atoms with Crippen molar-refractivity contribution in [2.24, 2.45) is 24.6 Å². The summed E-state index contributed by atoms with van der Waals surface area (Å²) < 4.78 is 3.06. The maximum Gasteiger partial charge on any atom is 0.329 e. The number of hydrogen-bond donors (Lipinski definition) is 2. The number of nitrogens with one attached hydrogen (secondary N) is 1. The number of rotatable bonds is 3. The van der Waals surface area contributed by atoms with Crippen LogP contribution in [0.15, 0.2) is 23.0 Å². The Bertz CT molecular complexity index is 1230. The summed E-state index contributed by atoms with van der Waals surface area (Å²) >= 11 is 0. The van der Waals surface area contributed by atoms with Crippen molar-refractivity contribution in [3.8, 4) is 11.8 Å². The summed E-state index contributed by atoms with van der Waals surface area (Å²) in [5, 5.41) is 2.35. The molecule has 8 nitrogen and oxygen atoms in total. The van der Waals surface area contributed by atoms with Crippen LogP contribution >= 0.6 is 0 Å². The highest BCUT2D eigenvalue weighted by molar-refractivity contribution is 6.00. The number of hydrogen-bond acceptors (Lipinski definition) is 5. The lowest BCUT2D eigenvalue weighted by molar-refractivity contribution is -0.135. The number of carbonyl (C=O) groups is 2. The van der Waals surface area contributed by atoms with Gasteiger partial charge >= 0.3 is 5.69 Å². The van der Waals surface area contributed by atoms with E-state index in [1.165, 1.54) is 36.8 Å². The number of imide groups is 1. The molecule has 3 aliphatic rings. The first-order chi connectivity index (χ1) is 16.9. The summed E-state index contributed by atoms with van der Waals surface area (Å²) in [5.41, 5.74) is 8.09. The quantitative estimate of drug-likeness (QED) is 0.519. The van der Waals surface area contributed by atoms with Gasteiger partial charge in [-0.1, -0.05) is 11.8 Å². The predicted octanol–water partition coefficient (Wildman–Crippen LogP) is 1.90. The van der Waals surface area contributed by atoms with Crippen LogP contribution in [0.25, 0.3) is 11.0 Å². The third-order valence-electron chi connectivity index (χ3n) is 8.03. The number of amides is 2. The Balaban J connectivity index is 1.25. The van der Waals surface area contributed by atoms with Gasteiger partial charge in [0, 0.05) is 37.5 Å². The third-order valence-corrected chi connectivity index (χ3v) is 8.03. The number of aryl methyl sites for hydroxylation is 1. The fraction of sp³-hybridized carbons (Fsp3) is 0.593. The minimum atomic E-state index is -0.670. The monoisotopic (exact) mass is 477 g/mol. The van der Waals surface area contributed by atoms with Gasteiger partial charge in [-0.05, 0) is 82.2 Å². The zero-order valence-corrected chi connectivity index (χ0v) is 20.5. The predicted molar refractivity (Wildman–Crippen MR) is 135 cm³/mol. The Morgan fingerprint density at radius 3 is 2.46 bits per heavy atom. The highest BCUT2D eigenvalue weighted by Crippen LogP contribution is 2.27. The summed E-state index contributed by atoms with van der Waals surface area (Å²) in [6, 6.07) is 5.44. The molecule has 35 heavy (non-hydrogen) atoms. The Kier molecular flexibility index (Phi) is 6.81.